The van der Waals surface area contributed by atoms with Crippen molar-refractivity contribution in [2.75, 3.05) is 19.6 Å². The van der Waals surface area contributed by atoms with E-state index in [-0.39, 0.29) is 17.8 Å². The van der Waals surface area contributed by atoms with Gasteiger partial charge in [0.15, 0.2) is 0 Å². The van der Waals surface area contributed by atoms with Gasteiger partial charge in [-0.25, -0.2) is 4.39 Å². The summed E-state index contributed by atoms with van der Waals surface area (Å²) in [5.41, 5.74) is 0.461. The van der Waals surface area contributed by atoms with Gasteiger partial charge < -0.3 is 9.73 Å². The fraction of sp³-hybridized carbons (Fsp3) is 0.389. The second kappa shape index (κ2) is 7.42. The molecule has 1 aromatic carbocycles. The third-order valence-electron chi connectivity index (χ3n) is 4.27. The number of furan rings is 1. The predicted octanol–water partition coefficient (Wildman–Crippen LogP) is 3.38. The third kappa shape index (κ3) is 3.99. The molecule has 4 nitrogen and oxygen atoms in total. The molecule has 1 aliphatic heterocycles. The van der Waals surface area contributed by atoms with Gasteiger partial charge in [0.2, 0.25) is 0 Å². The Morgan fingerprint density at radius 3 is 2.57 bits per heavy atom. The van der Waals surface area contributed by atoms with Gasteiger partial charge in [-0.2, -0.15) is 0 Å². The molecule has 0 radical (unpaired) electrons. The number of amides is 1. The zero-order chi connectivity index (χ0) is 16.1. The molecule has 23 heavy (non-hydrogen) atoms. The number of benzene rings is 1. The Morgan fingerprint density at radius 1 is 1.17 bits per heavy atom. The zero-order valence-corrected chi connectivity index (χ0v) is 13.0. The summed E-state index contributed by atoms with van der Waals surface area (Å²) >= 11 is 0. The van der Waals surface area contributed by atoms with Crippen LogP contribution in [0.4, 0.5) is 4.39 Å². The summed E-state index contributed by atoms with van der Waals surface area (Å²) in [4.78, 5) is 14.6. The second-order valence-corrected chi connectivity index (χ2v) is 5.84. The highest BCUT2D eigenvalue weighted by Gasteiger charge is 2.25. The van der Waals surface area contributed by atoms with Crippen LogP contribution in [0, 0.1) is 5.82 Å². The molecule has 1 atom stereocenters. The molecule has 0 saturated carbocycles. The first-order valence-corrected chi connectivity index (χ1v) is 8.05. The van der Waals surface area contributed by atoms with E-state index in [0.717, 1.165) is 18.8 Å². The normalized spacial score (nSPS) is 16.9. The Bertz CT molecular complexity index is 619. The number of nitrogens with one attached hydrogen (secondary N) is 1. The van der Waals surface area contributed by atoms with Crippen LogP contribution in [0.1, 0.15) is 41.4 Å². The highest BCUT2D eigenvalue weighted by Crippen LogP contribution is 2.24. The van der Waals surface area contributed by atoms with Crippen LogP contribution in [0.15, 0.2) is 47.1 Å². The van der Waals surface area contributed by atoms with Crippen LogP contribution in [0.5, 0.6) is 0 Å². The number of carbonyl (C=O) groups excluding carboxylic acids is 1. The highest BCUT2D eigenvalue weighted by molar-refractivity contribution is 5.94. The minimum Gasteiger partial charge on any atom is -0.468 e. The Balaban J connectivity index is 1.66. The van der Waals surface area contributed by atoms with Gasteiger partial charge in [0.1, 0.15) is 11.6 Å². The Morgan fingerprint density at radius 2 is 1.91 bits per heavy atom. The molecule has 1 aliphatic rings. The number of carbonyl (C=O) groups is 1. The van der Waals surface area contributed by atoms with Crippen molar-refractivity contribution in [2.24, 2.45) is 0 Å². The molecule has 0 bridgehead atoms. The molecule has 2 heterocycles. The van der Waals surface area contributed by atoms with E-state index in [0.29, 0.717) is 12.1 Å². The number of halogens is 1. The molecular formula is C18H21FN2O2. The highest BCUT2D eigenvalue weighted by atomic mass is 19.1. The van der Waals surface area contributed by atoms with Gasteiger partial charge in [-0.1, -0.05) is 6.42 Å². The molecular weight excluding hydrogens is 295 g/mol. The van der Waals surface area contributed by atoms with Crippen molar-refractivity contribution in [3.63, 3.8) is 0 Å². The standard InChI is InChI=1S/C18H21FN2O2/c19-15-8-6-14(7-9-15)18(22)20-13-16(17-5-4-12-23-17)21-10-2-1-3-11-21/h4-9,12,16H,1-3,10-11,13H2,(H,20,22)/t16-/m1/s1. The van der Waals surface area contributed by atoms with Crippen molar-refractivity contribution in [1.29, 1.82) is 0 Å². The maximum atomic E-state index is 12.9. The van der Waals surface area contributed by atoms with Crippen molar-refractivity contribution in [3.8, 4) is 0 Å². The van der Waals surface area contributed by atoms with E-state index in [1.807, 2.05) is 12.1 Å². The monoisotopic (exact) mass is 316 g/mol. The molecule has 1 saturated heterocycles. The first kappa shape index (κ1) is 15.7. The van der Waals surface area contributed by atoms with E-state index < -0.39 is 0 Å². The maximum absolute atomic E-state index is 12.9. The van der Waals surface area contributed by atoms with E-state index in [1.165, 1.54) is 43.5 Å². The third-order valence-corrected chi connectivity index (χ3v) is 4.27. The Kier molecular flexibility index (Phi) is 5.08. The molecule has 0 spiro atoms. The number of piperidine rings is 1. The largest absolute Gasteiger partial charge is 0.468 e. The number of nitrogens with zero attached hydrogens (tertiary/aromatic N) is 1. The molecule has 0 unspecified atom stereocenters. The van der Waals surface area contributed by atoms with Gasteiger partial charge in [0.05, 0.1) is 12.3 Å². The fourth-order valence-electron chi connectivity index (χ4n) is 3.01. The summed E-state index contributed by atoms with van der Waals surface area (Å²) < 4.78 is 18.5. The summed E-state index contributed by atoms with van der Waals surface area (Å²) in [5.74, 6) is 0.327. The molecule has 5 heteroatoms. The Labute approximate surface area is 135 Å². The lowest BCUT2D eigenvalue weighted by atomic mass is 10.1. The summed E-state index contributed by atoms with van der Waals surface area (Å²) in [5, 5.41) is 2.94. The van der Waals surface area contributed by atoms with Crippen LogP contribution in [-0.2, 0) is 0 Å². The molecule has 0 aliphatic carbocycles. The summed E-state index contributed by atoms with van der Waals surface area (Å²) in [6.07, 6.45) is 5.25. The predicted molar refractivity (Wildman–Crippen MR) is 85.6 cm³/mol. The topological polar surface area (TPSA) is 45.5 Å². The van der Waals surface area contributed by atoms with Gasteiger partial charge in [0, 0.05) is 12.1 Å². The van der Waals surface area contributed by atoms with Crippen molar-refractivity contribution in [3.05, 3.63) is 59.8 Å². The second-order valence-electron chi connectivity index (χ2n) is 5.84. The first-order chi connectivity index (χ1) is 11.2. The van der Waals surface area contributed by atoms with E-state index in [9.17, 15) is 9.18 Å². The molecule has 2 aromatic rings. The number of likely N-dealkylation sites (tertiary alicyclic amines) is 1. The van der Waals surface area contributed by atoms with Crippen LogP contribution in [0.25, 0.3) is 0 Å². The van der Waals surface area contributed by atoms with Crippen molar-refractivity contribution in [1.82, 2.24) is 10.2 Å². The number of hydrogen-bond donors (Lipinski definition) is 1. The average Bonchev–Trinajstić information content (AvgIpc) is 3.11. The minimum atomic E-state index is -0.344. The lowest BCUT2D eigenvalue weighted by Gasteiger charge is -2.33. The summed E-state index contributed by atoms with van der Waals surface area (Å²) in [7, 11) is 0. The van der Waals surface area contributed by atoms with Gasteiger partial charge in [-0.3, -0.25) is 9.69 Å². The Hall–Kier alpha value is -2.14. The molecule has 1 aromatic heterocycles. The lowest BCUT2D eigenvalue weighted by molar-refractivity contribution is 0.0914. The first-order valence-electron chi connectivity index (χ1n) is 8.05. The number of rotatable bonds is 5. The van der Waals surface area contributed by atoms with Crippen molar-refractivity contribution >= 4 is 5.91 Å². The van der Waals surface area contributed by atoms with E-state index in [2.05, 4.69) is 10.2 Å². The quantitative estimate of drug-likeness (QED) is 0.920. The van der Waals surface area contributed by atoms with Crippen molar-refractivity contribution in [2.45, 2.75) is 25.3 Å². The molecule has 122 valence electrons. The fourth-order valence-corrected chi connectivity index (χ4v) is 3.01. The van der Waals surface area contributed by atoms with Gasteiger partial charge in [-0.15, -0.1) is 0 Å². The van der Waals surface area contributed by atoms with Crippen LogP contribution in [0.2, 0.25) is 0 Å². The van der Waals surface area contributed by atoms with Crippen LogP contribution >= 0.6 is 0 Å². The minimum absolute atomic E-state index is 0.0368. The number of hydrogen-bond acceptors (Lipinski definition) is 3. The SMILES string of the molecule is O=C(NC[C@H](c1ccco1)N1CCCCC1)c1ccc(F)cc1. The van der Waals surface area contributed by atoms with Crippen molar-refractivity contribution < 1.29 is 13.6 Å². The summed E-state index contributed by atoms with van der Waals surface area (Å²) in [6, 6.07) is 9.43. The molecule has 3 rings (SSSR count). The smallest absolute Gasteiger partial charge is 0.251 e. The van der Waals surface area contributed by atoms with Gasteiger partial charge in [-0.05, 0) is 62.3 Å². The van der Waals surface area contributed by atoms with E-state index in [4.69, 9.17) is 4.42 Å². The zero-order valence-electron chi connectivity index (χ0n) is 13.0. The van der Waals surface area contributed by atoms with Crippen LogP contribution in [0.3, 0.4) is 0 Å². The molecule has 1 N–H and O–H groups in total. The summed E-state index contributed by atoms with van der Waals surface area (Å²) in [6.45, 7) is 2.50. The average molecular weight is 316 g/mol. The lowest BCUT2D eigenvalue weighted by Crippen LogP contribution is -2.40. The van der Waals surface area contributed by atoms with Crippen LogP contribution in [-0.4, -0.2) is 30.4 Å². The molecule has 1 amide bonds. The van der Waals surface area contributed by atoms with E-state index in [1.54, 1.807) is 6.26 Å². The maximum Gasteiger partial charge on any atom is 0.251 e. The molecule has 1 fully saturated rings. The van der Waals surface area contributed by atoms with Gasteiger partial charge >= 0.3 is 0 Å². The van der Waals surface area contributed by atoms with Crippen LogP contribution < -0.4 is 5.32 Å². The van der Waals surface area contributed by atoms with Gasteiger partial charge in [0.25, 0.3) is 5.91 Å². The van der Waals surface area contributed by atoms with E-state index >= 15 is 0 Å².